The summed E-state index contributed by atoms with van der Waals surface area (Å²) in [4.78, 5) is 12.7. The summed E-state index contributed by atoms with van der Waals surface area (Å²) in [6.45, 7) is 2.02. The average molecular weight is 391 g/mol. The number of benzene rings is 3. The number of hydrogen-bond acceptors (Lipinski definition) is 1. The molecule has 142 valence electrons. The molecular weight excluding hydrogens is 368 g/mol. The summed E-state index contributed by atoms with van der Waals surface area (Å²) in [5.41, 5.74) is 5.34. The lowest BCUT2D eigenvalue weighted by Gasteiger charge is -2.21. The van der Waals surface area contributed by atoms with Crippen LogP contribution in [0.25, 0.3) is 0 Å². The molecule has 0 aliphatic heterocycles. The third kappa shape index (κ3) is 4.55. The first-order valence-corrected chi connectivity index (χ1v) is 9.96. The van der Waals surface area contributed by atoms with E-state index in [1.54, 1.807) is 0 Å². The van der Waals surface area contributed by atoms with Gasteiger partial charge in [-0.1, -0.05) is 65.7 Å². The van der Waals surface area contributed by atoms with Gasteiger partial charge < -0.3 is 10.6 Å². The van der Waals surface area contributed by atoms with Crippen LogP contribution in [0.5, 0.6) is 0 Å². The summed E-state index contributed by atoms with van der Waals surface area (Å²) in [5.74, 6) is 0.659. The van der Waals surface area contributed by atoms with Crippen LogP contribution in [0.4, 0.5) is 10.5 Å². The summed E-state index contributed by atoms with van der Waals surface area (Å²) >= 11 is 6.06. The number of urea groups is 1. The minimum Gasteiger partial charge on any atom is -0.327 e. The Morgan fingerprint density at radius 1 is 0.964 bits per heavy atom. The Morgan fingerprint density at radius 2 is 1.68 bits per heavy atom. The Morgan fingerprint density at radius 3 is 2.36 bits per heavy atom. The van der Waals surface area contributed by atoms with E-state index >= 15 is 0 Å². The van der Waals surface area contributed by atoms with Gasteiger partial charge >= 0.3 is 6.03 Å². The zero-order chi connectivity index (χ0) is 19.5. The largest absolute Gasteiger partial charge is 0.327 e. The van der Waals surface area contributed by atoms with Gasteiger partial charge in [0.1, 0.15) is 0 Å². The third-order valence-electron chi connectivity index (χ3n) is 5.08. The monoisotopic (exact) mass is 390 g/mol. The van der Waals surface area contributed by atoms with Crippen molar-refractivity contribution >= 4 is 23.3 Å². The van der Waals surface area contributed by atoms with Gasteiger partial charge in [0.15, 0.2) is 0 Å². The molecule has 0 radical (unpaired) electrons. The number of anilines is 1. The van der Waals surface area contributed by atoms with Gasteiger partial charge in [0.05, 0.1) is 6.04 Å². The van der Waals surface area contributed by atoms with Crippen LogP contribution in [0.2, 0.25) is 5.02 Å². The molecule has 4 heteroatoms. The quantitative estimate of drug-likeness (QED) is 0.517. The maximum absolute atomic E-state index is 12.7. The highest BCUT2D eigenvalue weighted by Crippen LogP contribution is 2.41. The number of nitrogens with one attached hydrogen (secondary N) is 2. The minimum atomic E-state index is -0.249. The predicted molar refractivity (Wildman–Crippen MR) is 115 cm³/mol. The van der Waals surface area contributed by atoms with Gasteiger partial charge in [0.25, 0.3) is 0 Å². The first-order chi connectivity index (χ1) is 13.6. The van der Waals surface area contributed by atoms with Gasteiger partial charge in [-0.3, -0.25) is 0 Å². The molecule has 1 unspecified atom stereocenters. The molecule has 3 nitrogen and oxygen atoms in total. The van der Waals surface area contributed by atoms with Crippen molar-refractivity contribution in [2.45, 2.75) is 31.7 Å². The highest BCUT2D eigenvalue weighted by Gasteiger charge is 2.25. The first-order valence-electron chi connectivity index (χ1n) is 9.58. The predicted octanol–water partition coefficient (Wildman–Crippen LogP) is 6.44. The van der Waals surface area contributed by atoms with Gasteiger partial charge in [-0.05, 0) is 66.6 Å². The maximum atomic E-state index is 12.7. The van der Waals surface area contributed by atoms with Crippen molar-refractivity contribution in [1.29, 1.82) is 0 Å². The molecular formula is C24H23ClN2O. The van der Waals surface area contributed by atoms with E-state index in [4.69, 9.17) is 11.6 Å². The Kier molecular flexibility index (Phi) is 5.36. The van der Waals surface area contributed by atoms with Gasteiger partial charge in [-0.25, -0.2) is 4.79 Å². The van der Waals surface area contributed by atoms with Crippen LogP contribution in [0.15, 0.2) is 72.8 Å². The molecule has 28 heavy (non-hydrogen) atoms. The fraction of sp³-hybridized carbons (Fsp3) is 0.208. The lowest BCUT2D eigenvalue weighted by Crippen LogP contribution is -2.33. The summed E-state index contributed by atoms with van der Waals surface area (Å²) in [6.07, 6.45) is 2.49. The zero-order valence-corrected chi connectivity index (χ0v) is 16.5. The molecule has 0 aromatic heterocycles. The van der Waals surface area contributed by atoms with Gasteiger partial charge in [0.2, 0.25) is 0 Å². The molecule has 2 N–H and O–H groups in total. The summed E-state index contributed by atoms with van der Waals surface area (Å²) in [7, 11) is 0. The van der Waals surface area contributed by atoms with E-state index in [0.717, 1.165) is 22.4 Å². The molecule has 4 rings (SSSR count). The molecule has 1 fully saturated rings. The van der Waals surface area contributed by atoms with E-state index in [1.807, 2.05) is 55.5 Å². The first kappa shape index (κ1) is 18.6. The Labute approximate surface area is 170 Å². The average Bonchev–Trinajstić information content (AvgIpc) is 3.54. The number of halogens is 1. The number of amides is 2. The van der Waals surface area contributed by atoms with Crippen molar-refractivity contribution in [3.63, 3.8) is 0 Å². The fourth-order valence-electron chi connectivity index (χ4n) is 3.36. The van der Waals surface area contributed by atoms with Gasteiger partial charge in [0, 0.05) is 10.7 Å². The number of aryl methyl sites for hydroxylation is 1. The number of hydrogen-bond donors (Lipinski definition) is 2. The van der Waals surface area contributed by atoms with E-state index in [-0.39, 0.29) is 12.1 Å². The van der Waals surface area contributed by atoms with Crippen molar-refractivity contribution in [1.82, 2.24) is 5.32 Å². The summed E-state index contributed by atoms with van der Waals surface area (Å²) in [6, 6.07) is 23.4. The van der Waals surface area contributed by atoms with Crippen LogP contribution in [-0.4, -0.2) is 6.03 Å². The van der Waals surface area contributed by atoms with Crippen molar-refractivity contribution < 1.29 is 4.79 Å². The Bertz CT molecular complexity index is 963. The highest BCUT2D eigenvalue weighted by molar-refractivity contribution is 6.30. The molecule has 3 aromatic rings. The smallest absolute Gasteiger partial charge is 0.319 e. The molecule has 1 aliphatic carbocycles. The summed E-state index contributed by atoms with van der Waals surface area (Å²) < 4.78 is 0. The highest BCUT2D eigenvalue weighted by atomic mass is 35.5. The lowest BCUT2D eigenvalue weighted by atomic mass is 9.96. The van der Waals surface area contributed by atoms with Crippen molar-refractivity contribution in [3.05, 3.63) is 100 Å². The molecule has 1 saturated carbocycles. The molecule has 1 atom stereocenters. The van der Waals surface area contributed by atoms with Crippen LogP contribution in [0.1, 0.15) is 47.1 Å². The number of carbonyl (C=O) groups excluding carboxylic acids is 1. The summed E-state index contributed by atoms with van der Waals surface area (Å²) in [5, 5.41) is 6.73. The van der Waals surface area contributed by atoms with Crippen molar-refractivity contribution in [2.24, 2.45) is 0 Å². The second-order valence-corrected chi connectivity index (χ2v) is 7.83. The van der Waals surface area contributed by atoms with Gasteiger partial charge in [-0.15, -0.1) is 0 Å². The molecule has 1 aliphatic rings. The Hall–Kier alpha value is -2.78. The minimum absolute atomic E-state index is 0.236. The van der Waals surface area contributed by atoms with Crippen molar-refractivity contribution in [3.8, 4) is 0 Å². The molecule has 0 saturated heterocycles. The molecule has 0 heterocycles. The zero-order valence-electron chi connectivity index (χ0n) is 15.8. The Balaban J connectivity index is 1.59. The van der Waals surface area contributed by atoms with E-state index in [2.05, 4.69) is 34.9 Å². The normalized spacial score (nSPS) is 14.4. The SMILES string of the molecule is Cc1ccc(NC(=O)NC(c2ccc(Cl)cc2)c2cccc(C3CC3)c2)cc1. The van der Waals surface area contributed by atoms with Crippen LogP contribution in [0.3, 0.4) is 0 Å². The second kappa shape index (κ2) is 8.07. The third-order valence-corrected chi connectivity index (χ3v) is 5.33. The molecule has 0 spiro atoms. The standard InChI is InChI=1S/C24H23ClN2O/c1-16-5-13-22(14-6-16)26-24(28)27-23(18-9-11-21(25)12-10-18)20-4-2-3-19(15-20)17-7-8-17/h2-6,9-15,17,23H,7-8H2,1H3,(H2,26,27,28). The molecule has 3 aromatic carbocycles. The van der Waals surface area contributed by atoms with E-state index < -0.39 is 0 Å². The van der Waals surface area contributed by atoms with E-state index in [9.17, 15) is 4.79 Å². The van der Waals surface area contributed by atoms with E-state index in [0.29, 0.717) is 10.9 Å². The van der Waals surface area contributed by atoms with Crippen LogP contribution in [0, 0.1) is 6.92 Å². The lowest BCUT2D eigenvalue weighted by molar-refractivity contribution is 0.250. The molecule has 0 bridgehead atoms. The van der Waals surface area contributed by atoms with E-state index in [1.165, 1.54) is 18.4 Å². The topological polar surface area (TPSA) is 41.1 Å². The fourth-order valence-corrected chi connectivity index (χ4v) is 3.48. The van der Waals surface area contributed by atoms with Gasteiger partial charge in [-0.2, -0.15) is 0 Å². The van der Waals surface area contributed by atoms with Crippen molar-refractivity contribution in [2.75, 3.05) is 5.32 Å². The van der Waals surface area contributed by atoms with Crippen LogP contribution >= 0.6 is 11.6 Å². The number of carbonyl (C=O) groups is 1. The second-order valence-electron chi connectivity index (χ2n) is 7.39. The van der Waals surface area contributed by atoms with Crippen LogP contribution < -0.4 is 10.6 Å². The maximum Gasteiger partial charge on any atom is 0.319 e. The molecule has 2 amide bonds. The number of rotatable bonds is 5. The van der Waals surface area contributed by atoms with Crippen LogP contribution in [-0.2, 0) is 0 Å².